The Labute approximate surface area is 127 Å². The van der Waals surface area contributed by atoms with Crippen molar-refractivity contribution in [3.63, 3.8) is 0 Å². The summed E-state index contributed by atoms with van der Waals surface area (Å²) in [7, 11) is 1.62. The zero-order valence-electron chi connectivity index (χ0n) is 13.7. The molecule has 118 valence electrons. The Bertz CT molecular complexity index is 496. The second-order valence-corrected chi connectivity index (χ2v) is 6.59. The van der Waals surface area contributed by atoms with Gasteiger partial charge in [0.25, 0.3) is 0 Å². The van der Waals surface area contributed by atoms with E-state index in [1.54, 1.807) is 13.2 Å². The van der Waals surface area contributed by atoms with Crippen LogP contribution in [0.3, 0.4) is 0 Å². The third-order valence-corrected chi connectivity index (χ3v) is 4.02. The lowest BCUT2D eigenvalue weighted by Crippen LogP contribution is -2.52. The second kappa shape index (κ2) is 6.22. The van der Waals surface area contributed by atoms with Crippen molar-refractivity contribution in [3.8, 4) is 11.5 Å². The van der Waals surface area contributed by atoms with Crippen LogP contribution in [0, 0.1) is 5.82 Å². The SMILES string of the molecule is CCCN([C@H]1COc2c(F)ccc(OC)c2C1)C(C)(C)C. The van der Waals surface area contributed by atoms with Gasteiger partial charge >= 0.3 is 0 Å². The highest BCUT2D eigenvalue weighted by atomic mass is 19.1. The first-order chi connectivity index (χ1) is 9.88. The summed E-state index contributed by atoms with van der Waals surface area (Å²) >= 11 is 0. The number of methoxy groups -OCH3 is 1. The van der Waals surface area contributed by atoms with Gasteiger partial charge < -0.3 is 9.47 Å². The number of ether oxygens (including phenoxy) is 2. The molecule has 1 atom stereocenters. The molecule has 1 aromatic carbocycles. The van der Waals surface area contributed by atoms with Gasteiger partial charge in [0.1, 0.15) is 12.4 Å². The van der Waals surface area contributed by atoms with Crippen LogP contribution in [-0.4, -0.2) is 36.7 Å². The Morgan fingerprint density at radius 1 is 1.38 bits per heavy atom. The highest BCUT2D eigenvalue weighted by Gasteiger charge is 2.34. The van der Waals surface area contributed by atoms with Crippen molar-refractivity contribution in [2.45, 2.75) is 52.1 Å². The number of hydrogen-bond acceptors (Lipinski definition) is 3. The molecule has 0 spiro atoms. The standard InChI is InChI=1S/C17H26FNO2/c1-6-9-19(17(2,3)4)12-10-13-15(20-5)8-7-14(18)16(13)21-11-12/h7-8,12H,6,9-11H2,1-5H3/t12-/m1/s1. The summed E-state index contributed by atoms with van der Waals surface area (Å²) in [4.78, 5) is 2.44. The van der Waals surface area contributed by atoms with Gasteiger partial charge in [-0.3, -0.25) is 4.90 Å². The van der Waals surface area contributed by atoms with E-state index in [-0.39, 0.29) is 17.4 Å². The number of rotatable bonds is 4. The molecule has 1 aromatic rings. The van der Waals surface area contributed by atoms with Crippen molar-refractivity contribution in [3.05, 3.63) is 23.5 Å². The van der Waals surface area contributed by atoms with Crippen LogP contribution in [0.5, 0.6) is 11.5 Å². The van der Waals surface area contributed by atoms with Crippen LogP contribution in [0.1, 0.15) is 39.7 Å². The van der Waals surface area contributed by atoms with Crippen molar-refractivity contribution in [1.29, 1.82) is 0 Å². The lowest BCUT2D eigenvalue weighted by molar-refractivity contribution is 0.0419. The van der Waals surface area contributed by atoms with Crippen LogP contribution < -0.4 is 9.47 Å². The van der Waals surface area contributed by atoms with Gasteiger partial charge in [-0.1, -0.05) is 6.92 Å². The maximum atomic E-state index is 13.9. The van der Waals surface area contributed by atoms with E-state index in [1.807, 2.05) is 0 Å². The molecular formula is C17H26FNO2. The van der Waals surface area contributed by atoms with Crippen molar-refractivity contribution in [1.82, 2.24) is 4.90 Å². The van der Waals surface area contributed by atoms with Crippen molar-refractivity contribution in [2.75, 3.05) is 20.3 Å². The van der Waals surface area contributed by atoms with Gasteiger partial charge in [-0.2, -0.15) is 0 Å². The van der Waals surface area contributed by atoms with Crippen LogP contribution in [-0.2, 0) is 6.42 Å². The van der Waals surface area contributed by atoms with E-state index in [9.17, 15) is 4.39 Å². The maximum absolute atomic E-state index is 13.9. The van der Waals surface area contributed by atoms with Crippen molar-refractivity contribution in [2.24, 2.45) is 0 Å². The number of benzene rings is 1. The molecule has 0 radical (unpaired) electrons. The Morgan fingerprint density at radius 2 is 2.10 bits per heavy atom. The van der Waals surface area contributed by atoms with Crippen LogP contribution in [0.2, 0.25) is 0 Å². The van der Waals surface area contributed by atoms with Gasteiger partial charge in [-0.15, -0.1) is 0 Å². The van der Waals surface area contributed by atoms with E-state index < -0.39 is 0 Å². The fourth-order valence-electron chi connectivity index (χ4n) is 3.10. The predicted molar refractivity (Wildman–Crippen MR) is 82.7 cm³/mol. The van der Waals surface area contributed by atoms with Gasteiger partial charge in [0.2, 0.25) is 0 Å². The first kappa shape index (κ1) is 16.1. The summed E-state index contributed by atoms with van der Waals surface area (Å²) in [5.74, 6) is 0.763. The highest BCUT2D eigenvalue weighted by molar-refractivity contribution is 5.47. The van der Waals surface area contributed by atoms with E-state index in [0.29, 0.717) is 18.1 Å². The molecule has 1 heterocycles. The summed E-state index contributed by atoms with van der Waals surface area (Å²) in [6.45, 7) is 10.3. The topological polar surface area (TPSA) is 21.7 Å². The van der Waals surface area contributed by atoms with Gasteiger partial charge in [-0.05, 0) is 52.3 Å². The molecule has 0 aromatic heterocycles. The molecular weight excluding hydrogens is 269 g/mol. The average molecular weight is 295 g/mol. The molecule has 0 bridgehead atoms. The minimum atomic E-state index is -0.304. The second-order valence-electron chi connectivity index (χ2n) is 6.59. The van der Waals surface area contributed by atoms with Gasteiger partial charge in [-0.25, -0.2) is 4.39 Å². The van der Waals surface area contributed by atoms with E-state index in [1.165, 1.54) is 6.07 Å². The minimum Gasteiger partial charge on any atom is -0.496 e. The molecule has 0 fully saturated rings. The zero-order valence-corrected chi connectivity index (χ0v) is 13.7. The molecule has 1 aliphatic rings. The highest BCUT2D eigenvalue weighted by Crippen LogP contribution is 2.37. The molecule has 2 rings (SSSR count). The maximum Gasteiger partial charge on any atom is 0.165 e. The lowest BCUT2D eigenvalue weighted by atomic mass is 9.95. The van der Waals surface area contributed by atoms with Crippen molar-refractivity contribution >= 4 is 0 Å². The van der Waals surface area contributed by atoms with E-state index in [0.717, 1.165) is 24.9 Å². The first-order valence-corrected chi connectivity index (χ1v) is 7.63. The van der Waals surface area contributed by atoms with Gasteiger partial charge in [0.05, 0.1) is 7.11 Å². The molecule has 0 unspecified atom stereocenters. The fourth-order valence-corrected chi connectivity index (χ4v) is 3.10. The quantitative estimate of drug-likeness (QED) is 0.846. The number of hydrogen-bond donors (Lipinski definition) is 0. The Morgan fingerprint density at radius 3 is 2.67 bits per heavy atom. The van der Waals surface area contributed by atoms with E-state index >= 15 is 0 Å². The lowest BCUT2D eigenvalue weighted by Gasteiger charge is -2.43. The third-order valence-electron chi connectivity index (χ3n) is 4.02. The van der Waals surface area contributed by atoms with Crippen LogP contribution in [0.15, 0.2) is 12.1 Å². The van der Waals surface area contributed by atoms with Gasteiger partial charge in [0.15, 0.2) is 11.6 Å². The Hall–Kier alpha value is -1.29. The van der Waals surface area contributed by atoms with Crippen LogP contribution >= 0.6 is 0 Å². The molecule has 0 saturated heterocycles. The van der Waals surface area contributed by atoms with Gasteiger partial charge in [0, 0.05) is 17.1 Å². The molecule has 21 heavy (non-hydrogen) atoms. The molecule has 1 aliphatic heterocycles. The molecule has 0 aliphatic carbocycles. The van der Waals surface area contributed by atoms with E-state index in [4.69, 9.17) is 9.47 Å². The minimum absolute atomic E-state index is 0.0576. The number of fused-ring (bicyclic) bond motifs is 1. The summed E-state index contributed by atoms with van der Waals surface area (Å²) in [6, 6.07) is 3.33. The molecule has 0 amide bonds. The Balaban J connectivity index is 2.31. The normalized spacial score (nSPS) is 18.3. The monoisotopic (exact) mass is 295 g/mol. The number of nitrogens with zero attached hydrogens (tertiary/aromatic N) is 1. The first-order valence-electron chi connectivity index (χ1n) is 7.63. The summed E-state index contributed by atoms with van der Waals surface area (Å²) in [6.07, 6.45) is 1.84. The zero-order chi connectivity index (χ0) is 15.6. The predicted octanol–water partition coefficient (Wildman–Crippen LogP) is 3.65. The molecule has 0 N–H and O–H groups in total. The average Bonchev–Trinajstić information content (AvgIpc) is 2.43. The fraction of sp³-hybridized carbons (Fsp3) is 0.647. The van der Waals surface area contributed by atoms with Crippen molar-refractivity contribution < 1.29 is 13.9 Å². The van der Waals surface area contributed by atoms with E-state index in [2.05, 4.69) is 32.6 Å². The number of halogens is 1. The van der Waals surface area contributed by atoms with Crippen LogP contribution in [0.25, 0.3) is 0 Å². The smallest absolute Gasteiger partial charge is 0.165 e. The summed E-state index contributed by atoms with van der Waals surface area (Å²) in [5.41, 5.74) is 0.904. The van der Waals surface area contributed by atoms with Crippen LogP contribution in [0.4, 0.5) is 4.39 Å². The molecule has 0 saturated carbocycles. The molecule has 4 heteroatoms. The Kier molecular flexibility index (Phi) is 4.77. The third kappa shape index (κ3) is 3.31. The largest absolute Gasteiger partial charge is 0.496 e. The summed E-state index contributed by atoms with van der Waals surface area (Å²) < 4.78 is 25.0. The molecule has 3 nitrogen and oxygen atoms in total. The summed E-state index contributed by atoms with van der Waals surface area (Å²) in [5, 5.41) is 0.